The summed E-state index contributed by atoms with van der Waals surface area (Å²) in [6.45, 7) is 2.25. The molecule has 1 atom stereocenters. The number of hydrogen-bond donors (Lipinski definition) is 3. The first kappa shape index (κ1) is 13.1. The number of thiocarbonyl (C=S) groups is 1. The Balaban J connectivity index is 3.76. The fourth-order valence-electron chi connectivity index (χ4n) is 1.00. The highest BCUT2D eigenvalue weighted by Gasteiger charge is 2.28. The van der Waals surface area contributed by atoms with E-state index in [2.05, 4.69) is 22.3 Å². The van der Waals surface area contributed by atoms with Crippen LogP contribution in [-0.2, 0) is 9.53 Å². The van der Waals surface area contributed by atoms with E-state index >= 15 is 0 Å². The summed E-state index contributed by atoms with van der Waals surface area (Å²) >= 11 is 4.62. The van der Waals surface area contributed by atoms with Crippen LogP contribution in [0.5, 0.6) is 0 Å². The Hall–Kier alpha value is -0.880. The van der Waals surface area contributed by atoms with Crippen LogP contribution in [0, 0.1) is 0 Å². The zero-order valence-corrected chi connectivity index (χ0v) is 9.32. The minimum atomic E-state index is -0.938. The summed E-state index contributed by atoms with van der Waals surface area (Å²) in [5.74, 6) is -0.409. The molecule has 0 aliphatic heterocycles. The summed E-state index contributed by atoms with van der Waals surface area (Å²) in [5.41, 5.74) is 10.0. The van der Waals surface area contributed by atoms with Crippen molar-refractivity contribution in [3.8, 4) is 0 Å². The summed E-state index contributed by atoms with van der Waals surface area (Å²) in [6.07, 6.45) is 1.23. The van der Waals surface area contributed by atoms with E-state index in [0.29, 0.717) is 19.4 Å². The van der Waals surface area contributed by atoms with Crippen molar-refractivity contribution in [2.45, 2.75) is 25.3 Å². The van der Waals surface area contributed by atoms with Gasteiger partial charge in [-0.2, -0.15) is 0 Å². The minimum absolute atomic E-state index is 0.252. The molecular formula is C8H17N3O2S. The fraction of sp³-hybridized carbons (Fsp3) is 0.750. The van der Waals surface area contributed by atoms with E-state index in [9.17, 15) is 4.79 Å². The molecule has 0 bridgehead atoms. The number of nitrogens with two attached hydrogens (primary N) is 2. The summed E-state index contributed by atoms with van der Waals surface area (Å²) < 4.78 is 4.56. The Labute approximate surface area is 89.2 Å². The highest BCUT2D eigenvalue weighted by molar-refractivity contribution is 7.80. The van der Waals surface area contributed by atoms with Crippen LogP contribution in [0.25, 0.3) is 0 Å². The van der Waals surface area contributed by atoms with Gasteiger partial charge in [-0.05, 0) is 32.0 Å². The van der Waals surface area contributed by atoms with Crippen molar-refractivity contribution in [2.24, 2.45) is 11.5 Å². The second-order valence-electron chi connectivity index (χ2n) is 3.30. The van der Waals surface area contributed by atoms with Crippen molar-refractivity contribution < 1.29 is 9.53 Å². The van der Waals surface area contributed by atoms with E-state index in [1.54, 1.807) is 6.92 Å². The Morgan fingerprint density at radius 2 is 2.21 bits per heavy atom. The van der Waals surface area contributed by atoms with Crippen LogP contribution < -0.4 is 16.8 Å². The molecule has 82 valence electrons. The smallest absolute Gasteiger partial charge is 0.325 e. The lowest BCUT2D eigenvalue weighted by Gasteiger charge is -2.21. The summed E-state index contributed by atoms with van der Waals surface area (Å²) in [6, 6.07) is 0. The molecule has 0 aromatic carbocycles. The van der Waals surface area contributed by atoms with Crippen LogP contribution in [0.4, 0.5) is 0 Å². The second-order valence-corrected chi connectivity index (χ2v) is 3.74. The van der Waals surface area contributed by atoms with Gasteiger partial charge >= 0.3 is 5.97 Å². The average molecular weight is 219 g/mol. The van der Waals surface area contributed by atoms with Crippen LogP contribution in [0.15, 0.2) is 0 Å². The predicted molar refractivity (Wildman–Crippen MR) is 58.6 cm³/mol. The number of ether oxygens (including phenoxy) is 1. The third kappa shape index (κ3) is 4.98. The van der Waals surface area contributed by atoms with Crippen LogP contribution in [-0.4, -0.2) is 30.3 Å². The SMILES string of the molecule is COC(=O)C(C)(N)CCCNC(N)=S. The molecule has 0 aromatic rings. The van der Waals surface area contributed by atoms with Gasteiger partial charge in [-0.15, -0.1) is 0 Å². The third-order valence-electron chi connectivity index (χ3n) is 1.82. The Morgan fingerprint density at radius 1 is 1.64 bits per heavy atom. The Kier molecular flexibility index (Phi) is 5.40. The molecule has 0 heterocycles. The maximum atomic E-state index is 11.1. The number of carbonyl (C=O) groups is 1. The first-order chi connectivity index (χ1) is 6.40. The average Bonchev–Trinajstić information content (AvgIpc) is 2.10. The molecule has 0 saturated carbocycles. The lowest BCUT2D eigenvalue weighted by Crippen LogP contribution is -2.46. The van der Waals surface area contributed by atoms with Gasteiger partial charge in [0.05, 0.1) is 7.11 Å². The number of methoxy groups -OCH3 is 1. The van der Waals surface area contributed by atoms with Crippen LogP contribution in [0.3, 0.4) is 0 Å². The van der Waals surface area contributed by atoms with Crippen LogP contribution >= 0.6 is 12.2 Å². The first-order valence-electron chi connectivity index (χ1n) is 4.31. The lowest BCUT2D eigenvalue weighted by molar-refractivity contribution is -0.146. The van der Waals surface area contributed by atoms with Gasteiger partial charge in [-0.1, -0.05) is 0 Å². The molecule has 5 N–H and O–H groups in total. The van der Waals surface area contributed by atoms with Gasteiger partial charge in [0.15, 0.2) is 5.11 Å². The van der Waals surface area contributed by atoms with Gasteiger partial charge in [0.1, 0.15) is 5.54 Å². The van der Waals surface area contributed by atoms with E-state index in [0.717, 1.165) is 0 Å². The molecule has 1 unspecified atom stereocenters. The number of rotatable bonds is 5. The molecule has 0 aliphatic rings. The van der Waals surface area contributed by atoms with Gasteiger partial charge in [0.2, 0.25) is 0 Å². The predicted octanol–water partition coefficient (Wildman–Crippen LogP) is -0.510. The summed E-state index contributed by atoms with van der Waals surface area (Å²) in [4.78, 5) is 11.1. The molecule has 0 fully saturated rings. The van der Waals surface area contributed by atoms with Crippen molar-refractivity contribution in [3.63, 3.8) is 0 Å². The summed E-state index contributed by atoms with van der Waals surface area (Å²) in [7, 11) is 1.32. The second kappa shape index (κ2) is 5.77. The van der Waals surface area contributed by atoms with Crippen LogP contribution in [0.2, 0.25) is 0 Å². The largest absolute Gasteiger partial charge is 0.468 e. The first-order valence-corrected chi connectivity index (χ1v) is 4.71. The third-order valence-corrected chi connectivity index (χ3v) is 1.97. The van der Waals surface area contributed by atoms with Gasteiger partial charge in [-0.3, -0.25) is 4.79 Å². The maximum Gasteiger partial charge on any atom is 0.325 e. The number of hydrogen-bond acceptors (Lipinski definition) is 4. The monoisotopic (exact) mass is 219 g/mol. The molecular weight excluding hydrogens is 202 g/mol. The number of esters is 1. The molecule has 6 heteroatoms. The Morgan fingerprint density at radius 3 is 2.64 bits per heavy atom. The molecule has 0 spiro atoms. The highest BCUT2D eigenvalue weighted by atomic mass is 32.1. The van der Waals surface area contributed by atoms with Crippen molar-refractivity contribution in [1.29, 1.82) is 0 Å². The van der Waals surface area contributed by atoms with E-state index in [1.807, 2.05) is 0 Å². The van der Waals surface area contributed by atoms with Crippen LogP contribution in [0.1, 0.15) is 19.8 Å². The van der Waals surface area contributed by atoms with Crippen molar-refractivity contribution in [2.75, 3.05) is 13.7 Å². The topological polar surface area (TPSA) is 90.4 Å². The number of carbonyl (C=O) groups excluding carboxylic acids is 1. The van der Waals surface area contributed by atoms with E-state index < -0.39 is 11.5 Å². The molecule has 0 radical (unpaired) electrons. The molecule has 0 rings (SSSR count). The molecule has 14 heavy (non-hydrogen) atoms. The standard InChI is InChI=1S/C8H17N3O2S/c1-8(10,6(12)13-2)4-3-5-11-7(9)14/h3-5,10H2,1-2H3,(H3,9,11,14). The molecule has 0 aromatic heterocycles. The highest BCUT2D eigenvalue weighted by Crippen LogP contribution is 2.09. The van der Waals surface area contributed by atoms with Gasteiger partial charge in [0.25, 0.3) is 0 Å². The zero-order chi connectivity index (χ0) is 11.2. The van der Waals surface area contributed by atoms with E-state index in [1.165, 1.54) is 7.11 Å². The van der Waals surface area contributed by atoms with E-state index in [-0.39, 0.29) is 5.11 Å². The molecule has 0 aliphatic carbocycles. The van der Waals surface area contributed by atoms with Crippen molar-refractivity contribution in [1.82, 2.24) is 5.32 Å². The maximum absolute atomic E-state index is 11.1. The molecule has 0 amide bonds. The summed E-state index contributed by atoms with van der Waals surface area (Å²) in [5, 5.41) is 3.03. The fourth-order valence-corrected chi connectivity index (χ4v) is 1.10. The number of nitrogens with one attached hydrogen (secondary N) is 1. The molecule has 5 nitrogen and oxygen atoms in total. The minimum Gasteiger partial charge on any atom is -0.468 e. The quantitative estimate of drug-likeness (QED) is 0.328. The lowest BCUT2D eigenvalue weighted by atomic mass is 9.97. The molecule has 0 saturated heterocycles. The normalized spacial score (nSPS) is 14.2. The van der Waals surface area contributed by atoms with Gasteiger partial charge in [-0.25, -0.2) is 0 Å². The van der Waals surface area contributed by atoms with Gasteiger partial charge in [0, 0.05) is 6.54 Å². The Bertz CT molecular complexity index is 219. The zero-order valence-electron chi connectivity index (χ0n) is 8.50. The van der Waals surface area contributed by atoms with E-state index in [4.69, 9.17) is 11.5 Å². The van der Waals surface area contributed by atoms with Crippen molar-refractivity contribution in [3.05, 3.63) is 0 Å². The van der Waals surface area contributed by atoms with Crippen molar-refractivity contribution >= 4 is 23.3 Å². The van der Waals surface area contributed by atoms with Gasteiger partial charge < -0.3 is 21.5 Å².